The van der Waals surface area contributed by atoms with E-state index < -0.39 is 52.6 Å². The Morgan fingerprint density at radius 3 is 2.38 bits per heavy atom. The van der Waals surface area contributed by atoms with Crippen LogP contribution in [0.25, 0.3) is 0 Å². The van der Waals surface area contributed by atoms with Crippen LogP contribution in [0.4, 0.5) is 9.59 Å². The average molecular weight is 591 g/mol. The molecule has 3 rings (SSSR count). The molecule has 3 heterocycles. The first-order valence-corrected chi connectivity index (χ1v) is 15.3. The lowest BCUT2D eigenvalue weighted by Crippen LogP contribution is -2.54. The number of hydrogen-bond acceptors (Lipinski definition) is 9. The minimum Gasteiger partial charge on any atom is -0.465 e. The summed E-state index contributed by atoms with van der Waals surface area (Å²) in [6.45, 7) is 5.54. The maximum Gasteiger partial charge on any atom is 0.421 e. The van der Waals surface area contributed by atoms with Crippen LogP contribution >= 0.6 is 0 Å². The van der Waals surface area contributed by atoms with E-state index in [4.69, 9.17) is 18.3 Å². The molecule has 2 N–H and O–H groups in total. The maximum atomic E-state index is 13.0. The molecule has 2 atom stereocenters. The van der Waals surface area contributed by atoms with Gasteiger partial charge in [0, 0.05) is 25.7 Å². The summed E-state index contributed by atoms with van der Waals surface area (Å²) in [5, 5.41) is 12.7. The number of amides is 4. The second-order valence-electron chi connectivity index (χ2n) is 11.2. The number of urea groups is 1. The van der Waals surface area contributed by atoms with Gasteiger partial charge in [-0.15, -0.1) is 4.28 Å². The molecular formula is C25H42N4O10S. The van der Waals surface area contributed by atoms with E-state index in [0.29, 0.717) is 38.8 Å². The zero-order valence-electron chi connectivity index (χ0n) is 23.5. The SMILES string of the molecule is CCCCCCCOC(=O)C(C)(C)COS(=O)(=O)ON1C(=O)N2C[C@H]1CC[C@H]2C(=O)NC1CCN(C(=O)O)CC1. The molecule has 3 saturated heterocycles. The van der Waals surface area contributed by atoms with Crippen molar-refractivity contribution in [3.05, 3.63) is 0 Å². The third-order valence-electron chi connectivity index (χ3n) is 7.51. The number of carboxylic acid groups (broad SMARTS) is 1. The third-order valence-corrected chi connectivity index (χ3v) is 8.26. The molecule has 0 aliphatic carbocycles. The first kappa shape index (κ1) is 31.9. The number of hydrogen-bond donors (Lipinski definition) is 2. The van der Waals surface area contributed by atoms with Gasteiger partial charge < -0.3 is 25.0 Å². The van der Waals surface area contributed by atoms with E-state index in [1.54, 1.807) is 0 Å². The topological polar surface area (TPSA) is 172 Å². The van der Waals surface area contributed by atoms with Gasteiger partial charge in [0.05, 0.1) is 24.7 Å². The largest absolute Gasteiger partial charge is 0.465 e. The predicted octanol–water partition coefficient (Wildman–Crippen LogP) is 2.25. The molecule has 3 fully saturated rings. The molecular weight excluding hydrogens is 548 g/mol. The van der Waals surface area contributed by atoms with Crippen LogP contribution in [0, 0.1) is 5.41 Å². The molecule has 14 nitrogen and oxygen atoms in total. The van der Waals surface area contributed by atoms with Crippen molar-refractivity contribution in [1.29, 1.82) is 0 Å². The summed E-state index contributed by atoms with van der Waals surface area (Å²) in [5.41, 5.74) is -1.27. The normalized spacial score (nSPS) is 22.0. The van der Waals surface area contributed by atoms with Gasteiger partial charge in [0.25, 0.3) is 0 Å². The summed E-state index contributed by atoms with van der Waals surface area (Å²) < 4.78 is 40.4. The Bertz CT molecular complexity index is 1030. The second-order valence-corrected chi connectivity index (χ2v) is 12.4. The van der Waals surface area contributed by atoms with Crippen LogP contribution in [0.2, 0.25) is 0 Å². The van der Waals surface area contributed by atoms with Gasteiger partial charge in [0.2, 0.25) is 5.91 Å². The summed E-state index contributed by atoms with van der Waals surface area (Å²) in [4.78, 5) is 52.0. The Morgan fingerprint density at radius 1 is 1.05 bits per heavy atom. The van der Waals surface area contributed by atoms with Crippen LogP contribution in [-0.2, 0) is 33.2 Å². The standard InChI is InChI=1S/C25H42N4O10S/c1-4-5-6-7-8-15-37-22(31)25(2,3)17-38-40(35,36)39-29-19-9-10-20(28(16-19)23(29)32)21(30)26-18-11-13-27(14-12-18)24(33)34/h18-20H,4-17H2,1-3H3,(H,26,30)(H,33,34)/t19-,20+/m1/s1. The Kier molecular flexibility index (Phi) is 11.0. The third kappa shape index (κ3) is 8.43. The van der Waals surface area contributed by atoms with Gasteiger partial charge >= 0.3 is 28.5 Å². The molecule has 0 saturated carbocycles. The Balaban J connectivity index is 1.47. The number of hydroxylamine groups is 2. The number of ether oxygens (including phenoxy) is 1. The molecule has 3 aliphatic rings. The van der Waals surface area contributed by atoms with Gasteiger partial charge in [-0.1, -0.05) is 32.6 Å². The van der Waals surface area contributed by atoms with Crippen LogP contribution in [0.1, 0.15) is 78.6 Å². The number of fused-ring (bicyclic) bond motifs is 2. The van der Waals surface area contributed by atoms with Crippen molar-refractivity contribution in [2.24, 2.45) is 5.41 Å². The lowest BCUT2D eigenvalue weighted by Gasteiger charge is -2.34. The van der Waals surface area contributed by atoms with E-state index in [-0.39, 0.29) is 25.1 Å². The summed E-state index contributed by atoms with van der Waals surface area (Å²) in [6.07, 6.45) is 5.54. The number of nitrogens with zero attached hydrogens (tertiary/aromatic N) is 3. The van der Waals surface area contributed by atoms with E-state index in [1.165, 1.54) is 23.6 Å². The molecule has 0 aromatic carbocycles. The molecule has 0 radical (unpaired) electrons. The molecule has 0 aromatic heterocycles. The second kappa shape index (κ2) is 13.8. The number of unbranched alkanes of at least 4 members (excludes halogenated alkanes) is 4. The zero-order valence-corrected chi connectivity index (χ0v) is 24.3. The van der Waals surface area contributed by atoms with Gasteiger partial charge in [-0.05, 0) is 46.0 Å². The van der Waals surface area contributed by atoms with Crippen LogP contribution in [0.15, 0.2) is 0 Å². The van der Waals surface area contributed by atoms with Crippen LogP contribution in [-0.4, -0.2) is 103 Å². The number of nitrogens with one attached hydrogen (secondary N) is 1. The highest BCUT2D eigenvalue weighted by molar-refractivity contribution is 7.81. The molecule has 4 amide bonds. The summed E-state index contributed by atoms with van der Waals surface area (Å²) >= 11 is 0. The monoisotopic (exact) mass is 590 g/mol. The van der Waals surface area contributed by atoms with Crippen LogP contribution < -0.4 is 5.32 Å². The number of rotatable bonds is 14. The number of likely N-dealkylation sites (tertiary alicyclic amines) is 1. The van der Waals surface area contributed by atoms with Crippen molar-refractivity contribution >= 4 is 34.4 Å². The van der Waals surface area contributed by atoms with Crippen molar-refractivity contribution < 1.29 is 45.9 Å². The fourth-order valence-electron chi connectivity index (χ4n) is 4.98. The van der Waals surface area contributed by atoms with Gasteiger partial charge in [0.15, 0.2) is 0 Å². The number of esters is 1. The van der Waals surface area contributed by atoms with Crippen molar-refractivity contribution in [1.82, 2.24) is 20.2 Å². The van der Waals surface area contributed by atoms with Gasteiger partial charge in [-0.25, -0.2) is 13.8 Å². The lowest BCUT2D eigenvalue weighted by molar-refractivity contribution is -0.156. The molecule has 0 aromatic rings. The lowest BCUT2D eigenvalue weighted by atomic mass is 9.95. The molecule has 3 aliphatic heterocycles. The van der Waals surface area contributed by atoms with E-state index in [2.05, 4.69) is 12.2 Å². The minimum absolute atomic E-state index is 0.111. The number of carbonyl (C=O) groups is 4. The van der Waals surface area contributed by atoms with Crippen LogP contribution in [0.5, 0.6) is 0 Å². The highest BCUT2D eigenvalue weighted by atomic mass is 32.3. The molecule has 0 spiro atoms. The number of piperidine rings is 2. The molecule has 40 heavy (non-hydrogen) atoms. The number of carbonyl (C=O) groups excluding carboxylic acids is 3. The molecule has 15 heteroatoms. The molecule has 2 bridgehead atoms. The summed E-state index contributed by atoms with van der Waals surface area (Å²) in [6, 6.07) is -2.36. The van der Waals surface area contributed by atoms with E-state index >= 15 is 0 Å². The predicted molar refractivity (Wildman–Crippen MR) is 141 cm³/mol. The Labute approximate surface area is 235 Å². The van der Waals surface area contributed by atoms with E-state index in [1.807, 2.05) is 0 Å². The smallest absolute Gasteiger partial charge is 0.421 e. The Hall–Kier alpha value is -2.65. The van der Waals surface area contributed by atoms with Gasteiger partial charge in [-0.2, -0.15) is 13.5 Å². The molecule has 228 valence electrons. The van der Waals surface area contributed by atoms with Crippen molar-refractivity contribution in [2.45, 2.75) is 96.7 Å². The Morgan fingerprint density at radius 2 is 1.73 bits per heavy atom. The van der Waals surface area contributed by atoms with Gasteiger partial charge in [0.1, 0.15) is 6.04 Å². The van der Waals surface area contributed by atoms with E-state index in [0.717, 1.165) is 37.2 Å². The fraction of sp³-hybridized carbons (Fsp3) is 0.840. The minimum atomic E-state index is -4.69. The van der Waals surface area contributed by atoms with E-state index in [9.17, 15) is 27.6 Å². The van der Waals surface area contributed by atoms with Crippen molar-refractivity contribution in [3.8, 4) is 0 Å². The maximum absolute atomic E-state index is 13.0. The highest BCUT2D eigenvalue weighted by Gasteiger charge is 2.50. The van der Waals surface area contributed by atoms with Crippen molar-refractivity contribution in [3.63, 3.8) is 0 Å². The molecule has 0 unspecified atom stereocenters. The first-order valence-electron chi connectivity index (χ1n) is 14.0. The fourth-order valence-corrected chi connectivity index (χ4v) is 5.84. The van der Waals surface area contributed by atoms with Gasteiger partial charge in [-0.3, -0.25) is 9.59 Å². The summed E-state index contributed by atoms with van der Waals surface area (Å²) in [7, 11) is -4.69. The highest BCUT2D eigenvalue weighted by Crippen LogP contribution is 2.31. The zero-order chi connectivity index (χ0) is 29.5. The average Bonchev–Trinajstić information content (AvgIpc) is 3.13. The van der Waals surface area contributed by atoms with Crippen molar-refractivity contribution in [2.75, 3.05) is 32.8 Å². The quantitative estimate of drug-likeness (QED) is 0.226. The van der Waals surface area contributed by atoms with Crippen LogP contribution in [0.3, 0.4) is 0 Å². The summed E-state index contributed by atoms with van der Waals surface area (Å²) in [5.74, 6) is -0.966. The first-order chi connectivity index (χ1) is 18.8.